The van der Waals surface area contributed by atoms with E-state index in [9.17, 15) is 9.59 Å². The van der Waals surface area contributed by atoms with Crippen molar-refractivity contribution >= 4 is 28.4 Å². The lowest BCUT2D eigenvalue weighted by molar-refractivity contribution is -0.125. The van der Waals surface area contributed by atoms with Gasteiger partial charge in [-0.1, -0.05) is 19.4 Å². The van der Waals surface area contributed by atoms with Crippen molar-refractivity contribution in [2.24, 2.45) is 0 Å². The number of anilines is 1. The highest BCUT2D eigenvalue weighted by Crippen LogP contribution is 2.32. The summed E-state index contributed by atoms with van der Waals surface area (Å²) in [6.07, 6.45) is 3.78. The number of hydrogen-bond donors (Lipinski definition) is 1. The van der Waals surface area contributed by atoms with E-state index in [2.05, 4.69) is 23.4 Å². The van der Waals surface area contributed by atoms with Crippen molar-refractivity contribution in [3.05, 3.63) is 53.9 Å². The van der Waals surface area contributed by atoms with Crippen LogP contribution in [0.15, 0.2) is 37.1 Å². The molecule has 0 bridgehead atoms. The van der Waals surface area contributed by atoms with Crippen molar-refractivity contribution in [2.75, 3.05) is 33.0 Å². The third-order valence-corrected chi connectivity index (χ3v) is 6.05. The Hall–Kier alpha value is -4.32. The summed E-state index contributed by atoms with van der Waals surface area (Å²) in [4.78, 5) is 30.9. The molecule has 1 aromatic carbocycles. The Morgan fingerprint density at radius 1 is 1.23 bits per heavy atom. The SMILES string of the molecule is C=CC(=O)N1CC[C@H](n2nc(C#Cc3cc(OC)cc(OC)c3)c3c(N)ncc(C(=O)CC)c32)C1. The van der Waals surface area contributed by atoms with E-state index < -0.39 is 0 Å². The van der Waals surface area contributed by atoms with Crippen molar-refractivity contribution in [1.82, 2.24) is 19.7 Å². The fourth-order valence-corrected chi connectivity index (χ4v) is 4.22. The number of likely N-dealkylation sites (tertiary alicyclic amines) is 1. The molecule has 2 aromatic heterocycles. The lowest BCUT2D eigenvalue weighted by atomic mass is 10.1. The Balaban J connectivity index is 1.87. The molecule has 9 heteroatoms. The zero-order valence-electron chi connectivity index (χ0n) is 20.0. The summed E-state index contributed by atoms with van der Waals surface area (Å²) in [6, 6.07) is 5.20. The van der Waals surface area contributed by atoms with Crippen molar-refractivity contribution in [1.29, 1.82) is 0 Å². The largest absolute Gasteiger partial charge is 0.497 e. The molecule has 0 unspecified atom stereocenters. The van der Waals surface area contributed by atoms with Crippen molar-refractivity contribution in [3.63, 3.8) is 0 Å². The van der Waals surface area contributed by atoms with Crippen LogP contribution in [0.2, 0.25) is 0 Å². The van der Waals surface area contributed by atoms with Gasteiger partial charge in [0.1, 0.15) is 23.0 Å². The molecule has 9 nitrogen and oxygen atoms in total. The number of nitrogen functional groups attached to an aromatic ring is 1. The fraction of sp³-hybridized carbons (Fsp3) is 0.308. The molecular weight excluding hydrogens is 446 g/mol. The first-order valence-electron chi connectivity index (χ1n) is 11.3. The van der Waals surface area contributed by atoms with Crippen LogP contribution in [-0.2, 0) is 4.79 Å². The summed E-state index contributed by atoms with van der Waals surface area (Å²) in [6.45, 7) is 6.39. The molecule has 1 fully saturated rings. The molecule has 1 aliphatic rings. The number of benzene rings is 1. The fourth-order valence-electron chi connectivity index (χ4n) is 4.22. The average Bonchev–Trinajstić information content (AvgIpc) is 3.52. The van der Waals surface area contributed by atoms with Gasteiger partial charge < -0.3 is 20.1 Å². The van der Waals surface area contributed by atoms with Gasteiger partial charge >= 0.3 is 0 Å². The summed E-state index contributed by atoms with van der Waals surface area (Å²) in [7, 11) is 3.14. The number of nitrogens with zero attached hydrogens (tertiary/aromatic N) is 4. The minimum atomic E-state index is -0.140. The molecule has 35 heavy (non-hydrogen) atoms. The Morgan fingerprint density at radius 2 is 1.94 bits per heavy atom. The maximum Gasteiger partial charge on any atom is 0.246 e. The molecule has 0 radical (unpaired) electrons. The van der Waals surface area contributed by atoms with Gasteiger partial charge in [0, 0.05) is 37.3 Å². The molecule has 1 atom stereocenters. The second-order valence-corrected chi connectivity index (χ2v) is 8.13. The summed E-state index contributed by atoms with van der Waals surface area (Å²) < 4.78 is 12.4. The molecule has 2 N–H and O–H groups in total. The maximum absolute atomic E-state index is 12.8. The third kappa shape index (κ3) is 4.55. The van der Waals surface area contributed by atoms with Crippen LogP contribution in [0.3, 0.4) is 0 Å². The Kier molecular flexibility index (Phi) is 6.73. The molecule has 0 aliphatic carbocycles. The van der Waals surface area contributed by atoms with E-state index in [4.69, 9.17) is 20.3 Å². The Labute approximate surface area is 203 Å². The summed E-state index contributed by atoms with van der Waals surface area (Å²) in [5, 5.41) is 5.30. The van der Waals surface area contributed by atoms with Gasteiger partial charge in [-0.3, -0.25) is 14.3 Å². The number of fused-ring (bicyclic) bond motifs is 1. The number of methoxy groups -OCH3 is 2. The van der Waals surface area contributed by atoms with Gasteiger partial charge in [-0.15, -0.1) is 0 Å². The van der Waals surface area contributed by atoms with E-state index >= 15 is 0 Å². The number of carbonyl (C=O) groups is 2. The number of ketones is 1. The molecule has 3 aromatic rings. The zero-order valence-corrected chi connectivity index (χ0v) is 20.0. The van der Waals surface area contributed by atoms with Crippen LogP contribution in [0.25, 0.3) is 10.9 Å². The van der Waals surface area contributed by atoms with Crippen LogP contribution in [-0.4, -0.2) is 58.7 Å². The van der Waals surface area contributed by atoms with Gasteiger partial charge in [0.05, 0.1) is 36.7 Å². The van der Waals surface area contributed by atoms with Gasteiger partial charge in [0.2, 0.25) is 5.91 Å². The van der Waals surface area contributed by atoms with Crippen LogP contribution in [0.5, 0.6) is 11.5 Å². The van der Waals surface area contributed by atoms with E-state index in [1.165, 1.54) is 12.3 Å². The average molecular weight is 474 g/mol. The van der Waals surface area contributed by atoms with Gasteiger partial charge in [-0.25, -0.2) is 4.98 Å². The van der Waals surface area contributed by atoms with E-state index in [1.807, 2.05) is 0 Å². The number of ether oxygens (including phenoxy) is 2. The highest BCUT2D eigenvalue weighted by molar-refractivity contribution is 6.09. The van der Waals surface area contributed by atoms with Gasteiger partial charge in [-0.05, 0) is 30.6 Å². The highest BCUT2D eigenvalue weighted by Gasteiger charge is 2.30. The van der Waals surface area contributed by atoms with Crippen molar-refractivity contribution < 1.29 is 19.1 Å². The smallest absolute Gasteiger partial charge is 0.246 e. The van der Waals surface area contributed by atoms with E-state index in [0.29, 0.717) is 65.2 Å². The first kappa shape index (κ1) is 23.8. The molecule has 4 rings (SSSR count). The van der Waals surface area contributed by atoms with E-state index in [-0.39, 0.29) is 23.6 Å². The predicted molar refractivity (Wildman–Crippen MR) is 133 cm³/mol. The zero-order chi connectivity index (χ0) is 25.1. The van der Waals surface area contributed by atoms with Gasteiger partial charge in [-0.2, -0.15) is 5.10 Å². The van der Waals surface area contributed by atoms with Crippen LogP contribution in [0.4, 0.5) is 5.82 Å². The first-order chi connectivity index (χ1) is 16.9. The number of nitrogens with two attached hydrogens (primary N) is 1. The molecule has 1 saturated heterocycles. The monoisotopic (exact) mass is 473 g/mol. The Bertz CT molecular complexity index is 1360. The number of amides is 1. The topological polar surface area (TPSA) is 113 Å². The summed E-state index contributed by atoms with van der Waals surface area (Å²) in [5.41, 5.74) is 8.38. The first-order valence-corrected chi connectivity index (χ1v) is 11.3. The number of aromatic nitrogens is 3. The molecule has 1 amide bonds. The third-order valence-electron chi connectivity index (χ3n) is 6.05. The summed E-state index contributed by atoms with van der Waals surface area (Å²) in [5.74, 6) is 7.45. The molecule has 0 saturated carbocycles. The van der Waals surface area contributed by atoms with Crippen molar-refractivity contribution in [2.45, 2.75) is 25.8 Å². The molecular formula is C26H27N5O4. The maximum atomic E-state index is 12.8. The van der Waals surface area contributed by atoms with Gasteiger partial charge in [0.15, 0.2) is 5.78 Å². The van der Waals surface area contributed by atoms with E-state index in [0.717, 1.165) is 0 Å². The summed E-state index contributed by atoms with van der Waals surface area (Å²) >= 11 is 0. The standard InChI is InChI=1S/C26H27N5O4/c1-5-22(32)20-14-28-26(27)24-21(8-7-16-11-18(34-3)13-19(12-16)35-4)29-31(25(20)24)17-9-10-30(15-17)23(33)6-2/h6,11-14,17H,2,5,9-10,15H2,1,3-4H3,(H2,27,28)/t17-/m0/s1. The second-order valence-electron chi connectivity index (χ2n) is 8.13. The van der Waals surface area contributed by atoms with Crippen LogP contribution in [0.1, 0.15) is 47.4 Å². The van der Waals surface area contributed by atoms with Crippen LogP contribution < -0.4 is 15.2 Å². The molecule has 180 valence electrons. The minimum Gasteiger partial charge on any atom is -0.497 e. The molecule has 3 heterocycles. The van der Waals surface area contributed by atoms with Crippen molar-refractivity contribution in [3.8, 4) is 23.3 Å². The molecule has 0 spiro atoms. The highest BCUT2D eigenvalue weighted by atomic mass is 16.5. The number of Topliss-reactive ketones (excluding diaryl/α,β-unsaturated/α-hetero) is 1. The van der Waals surface area contributed by atoms with Crippen LogP contribution >= 0.6 is 0 Å². The molecule has 1 aliphatic heterocycles. The van der Waals surface area contributed by atoms with Crippen LogP contribution in [0, 0.1) is 11.8 Å². The quantitative estimate of drug-likeness (QED) is 0.333. The van der Waals surface area contributed by atoms with E-state index in [1.54, 1.807) is 48.9 Å². The second kappa shape index (κ2) is 9.89. The number of carbonyl (C=O) groups excluding carboxylic acids is 2. The normalized spacial score (nSPS) is 14.9. The number of hydrogen-bond acceptors (Lipinski definition) is 7. The van der Waals surface area contributed by atoms with Gasteiger partial charge in [0.25, 0.3) is 0 Å². The lowest BCUT2D eigenvalue weighted by Gasteiger charge is -2.16. The number of pyridine rings is 1. The number of rotatable bonds is 6. The Morgan fingerprint density at radius 3 is 2.57 bits per heavy atom. The minimum absolute atomic E-state index is 0.0716. The lowest BCUT2D eigenvalue weighted by Crippen LogP contribution is -2.27. The predicted octanol–water partition coefficient (Wildman–Crippen LogP) is 2.98.